The largest absolute Gasteiger partial charge is 0.573 e. The van der Waals surface area contributed by atoms with Crippen LogP contribution in [0.15, 0.2) is 60.9 Å². The molecule has 11 heteroatoms. The number of nitrogens with zero attached hydrogens (tertiary/aromatic N) is 5. The summed E-state index contributed by atoms with van der Waals surface area (Å²) in [7, 11) is 0. The Labute approximate surface area is 181 Å². The summed E-state index contributed by atoms with van der Waals surface area (Å²) in [4.78, 5) is 20.4. The van der Waals surface area contributed by atoms with Gasteiger partial charge >= 0.3 is 6.36 Å². The van der Waals surface area contributed by atoms with E-state index in [2.05, 4.69) is 25.2 Å². The Morgan fingerprint density at radius 2 is 1.72 bits per heavy atom. The Hall–Kier alpha value is -3.89. The molecule has 0 aliphatic carbocycles. The number of nitrogens with one attached hydrogen (secondary N) is 1. The smallest absolute Gasteiger partial charge is 0.406 e. The third-order valence-corrected chi connectivity index (χ3v) is 4.81. The summed E-state index contributed by atoms with van der Waals surface area (Å²) in [6.45, 7) is 2.03. The van der Waals surface area contributed by atoms with E-state index in [0.717, 1.165) is 17.8 Å². The number of rotatable bonds is 5. The highest BCUT2D eigenvalue weighted by Crippen LogP contribution is 2.23. The number of benzene rings is 1. The molecule has 0 saturated carbocycles. The second kappa shape index (κ2) is 9.08. The van der Waals surface area contributed by atoms with Crippen LogP contribution in [0.2, 0.25) is 0 Å². The fourth-order valence-electron chi connectivity index (χ4n) is 3.27. The second-order valence-electron chi connectivity index (χ2n) is 6.99. The van der Waals surface area contributed by atoms with E-state index in [9.17, 15) is 18.0 Å². The predicted octanol–water partition coefficient (Wildman–Crippen LogP) is 3.48. The first-order valence-corrected chi connectivity index (χ1v) is 9.78. The molecule has 1 aromatic carbocycles. The normalized spacial score (nSPS) is 14.2. The molecule has 0 spiro atoms. The highest BCUT2D eigenvalue weighted by molar-refractivity contribution is 5.94. The van der Waals surface area contributed by atoms with Gasteiger partial charge in [0.05, 0.1) is 11.9 Å². The molecule has 3 aromatic rings. The average Bonchev–Trinajstić information content (AvgIpc) is 2.79. The number of hydrogen-bond acceptors (Lipinski definition) is 7. The maximum atomic E-state index is 12.7. The molecular weight excluding hydrogens is 425 g/mol. The molecule has 1 aliphatic heterocycles. The lowest BCUT2D eigenvalue weighted by Gasteiger charge is -2.35. The van der Waals surface area contributed by atoms with E-state index in [0.29, 0.717) is 43.4 Å². The van der Waals surface area contributed by atoms with Crippen LogP contribution in [0.5, 0.6) is 5.75 Å². The number of halogens is 3. The molecule has 4 rings (SSSR count). The van der Waals surface area contributed by atoms with Crippen molar-refractivity contribution in [1.29, 1.82) is 0 Å². The third-order valence-electron chi connectivity index (χ3n) is 4.81. The quantitative estimate of drug-likeness (QED) is 0.645. The van der Waals surface area contributed by atoms with Crippen molar-refractivity contribution in [1.82, 2.24) is 20.1 Å². The van der Waals surface area contributed by atoms with E-state index in [4.69, 9.17) is 0 Å². The number of carbonyl (C=O) groups excluding carboxylic acids is 1. The van der Waals surface area contributed by atoms with Crippen LogP contribution in [-0.2, 0) is 0 Å². The van der Waals surface area contributed by atoms with Crippen molar-refractivity contribution < 1.29 is 22.7 Å². The average molecular weight is 444 g/mol. The highest BCUT2D eigenvalue weighted by Gasteiger charge is 2.31. The maximum absolute atomic E-state index is 12.7. The summed E-state index contributed by atoms with van der Waals surface area (Å²) in [6, 6.07) is 12.3. The van der Waals surface area contributed by atoms with Gasteiger partial charge in [0.15, 0.2) is 11.6 Å². The number of ether oxygens (including phenoxy) is 1. The molecule has 3 heterocycles. The van der Waals surface area contributed by atoms with Gasteiger partial charge in [-0.3, -0.25) is 9.78 Å². The van der Waals surface area contributed by atoms with Crippen LogP contribution < -0.4 is 15.0 Å². The molecule has 1 saturated heterocycles. The fourth-order valence-corrected chi connectivity index (χ4v) is 3.27. The molecule has 1 N–H and O–H groups in total. The number of piperazine rings is 1. The van der Waals surface area contributed by atoms with Gasteiger partial charge < -0.3 is 19.9 Å². The Morgan fingerprint density at radius 3 is 2.31 bits per heavy atom. The Morgan fingerprint density at radius 1 is 0.969 bits per heavy atom. The zero-order valence-corrected chi connectivity index (χ0v) is 16.8. The number of alkyl halides is 3. The summed E-state index contributed by atoms with van der Waals surface area (Å²) in [5, 5.41) is 11.5. The first-order valence-electron chi connectivity index (χ1n) is 9.78. The van der Waals surface area contributed by atoms with Crippen LogP contribution in [-0.4, -0.2) is 58.5 Å². The zero-order valence-electron chi connectivity index (χ0n) is 16.8. The number of hydrogen-bond donors (Lipinski definition) is 1. The topological polar surface area (TPSA) is 83.5 Å². The van der Waals surface area contributed by atoms with E-state index in [1.807, 2.05) is 29.2 Å². The van der Waals surface area contributed by atoms with E-state index in [1.54, 1.807) is 17.3 Å². The lowest BCUT2D eigenvalue weighted by Crippen LogP contribution is -2.49. The second-order valence-corrected chi connectivity index (χ2v) is 6.99. The van der Waals surface area contributed by atoms with Crippen molar-refractivity contribution in [2.45, 2.75) is 6.36 Å². The molecule has 0 radical (unpaired) electrons. The van der Waals surface area contributed by atoms with Crippen LogP contribution in [0.1, 0.15) is 10.4 Å². The summed E-state index contributed by atoms with van der Waals surface area (Å²) in [5.41, 5.74) is 1.11. The summed E-state index contributed by atoms with van der Waals surface area (Å²) >= 11 is 0. The first kappa shape index (κ1) is 21.3. The Kier molecular flexibility index (Phi) is 6.06. The number of anilines is 3. The number of pyridine rings is 1. The summed E-state index contributed by atoms with van der Waals surface area (Å²) < 4.78 is 40.6. The standard InChI is InChI=1S/C21H19F3N6O2/c22-21(23,24)32-17-5-3-15(4-6-17)20(31)30-12-10-29(11-13-30)19-8-7-18(27-28-19)26-16-2-1-9-25-14-16/h1-9,14H,10-13H2,(H,26,27). The number of amides is 1. The van der Waals surface area contributed by atoms with E-state index >= 15 is 0 Å². The molecule has 8 nitrogen and oxygen atoms in total. The molecule has 32 heavy (non-hydrogen) atoms. The molecule has 1 fully saturated rings. The van der Waals surface area contributed by atoms with E-state index in [1.165, 1.54) is 12.1 Å². The molecular formula is C21H19F3N6O2. The van der Waals surface area contributed by atoms with Gasteiger partial charge in [-0.05, 0) is 48.5 Å². The maximum Gasteiger partial charge on any atom is 0.573 e. The summed E-state index contributed by atoms with van der Waals surface area (Å²) in [5.74, 6) is 0.681. The molecule has 1 aliphatic rings. The minimum Gasteiger partial charge on any atom is -0.406 e. The van der Waals surface area contributed by atoms with Crippen molar-refractivity contribution in [2.75, 3.05) is 36.4 Å². The Balaban J connectivity index is 1.31. The molecule has 0 atom stereocenters. The van der Waals surface area contributed by atoms with Gasteiger partial charge in [-0.1, -0.05) is 0 Å². The van der Waals surface area contributed by atoms with Crippen LogP contribution in [0.25, 0.3) is 0 Å². The van der Waals surface area contributed by atoms with Gasteiger partial charge in [0.1, 0.15) is 5.75 Å². The highest BCUT2D eigenvalue weighted by atomic mass is 19.4. The van der Waals surface area contributed by atoms with E-state index < -0.39 is 6.36 Å². The number of aromatic nitrogens is 3. The van der Waals surface area contributed by atoms with E-state index in [-0.39, 0.29) is 11.7 Å². The molecule has 2 aromatic heterocycles. The number of carbonyl (C=O) groups is 1. The zero-order chi connectivity index (χ0) is 22.6. The van der Waals surface area contributed by atoms with Crippen LogP contribution in [0, 0.1) is 0 Å². The van der Waals surface area contributed by atoms with Crippen molar-refractivity contribution in [3.63, 3.8) is 0 Å². The molecule has 0 bridgehead atoms. The van der Waals surface area contributed by atoms with Crippen molar-refractivity contribution >= 4 is 23.2 Å². The van der Waals surface area contributed by atoms with Gasteiger partial charge in [-0.2, -0.15) is 0 Å². The van der Waals surface area contributed by atoms with Crippen molar-refractivity contribution in [3.8, 4) is 5.75 Å². The minimum absolute atomic E-state index is 0.245. The first-order chi connectivity index (χ1) is 15.4. The van der Waals surface area contributed by atoms with Crippen LogP contribution in [0.4, 0.5) is 30.5 Å². The minimum atomic E-state index is -4.77. The predicted molar refractivity (Wildman–Crippen MR) is 111 cm³/mol. The van der Waals surface area contributed by atoms with Gasteiger partial charge in [0.25, 0.3) is 5.91 Å². The van der Waals surface area contributed by atoms with Crippen LogP contribution >= 0.6 is 0 Å². The lowest BCUT2D eigenvalue weighted by atomic mass is 10.1. The Bertz CT molecular complexity index is 1040. The summed E-state index contributed by atoms with van der Waals surface area (Å²) in [6.07, 6.45) is -1.40. The molecule has 0 unspecified atom stereocenters. The van der Waals surface area contributed by atoms with Crippen molar-refractivity contribution in [3.05, 3.63) is 66.5 Å². The van der Waals surface area contributed by atoms with Gasteiger partial charge in [0.2, 0.25) is 0 Å². The lowest BCUT2D eigenvalue weighted by molar-refractivity contribution is -0.274. The third kappa shape index (κ3) is 5.42. The van der Waals surface area contributed by atoms with Gasteiger partial charge in [0, 0.05) is 37.9 Å². The van der Waals surface area contributed by atoms with Crippen LogP contribution in [0.3, 0.4) is 0 Å². The van der Waals surface area contributed by atoms with Gasteiger partial charge in [-0.25, -0.2) is 0 Å². The fraction of sp³-hybridized carbons (Fsp3) is 0.238. The van der Waals surface area contributed by atoms with Gasteiger partial charge in [-0.15, -0.1) is 23.4 Å². The molecule has 166 valence electrons. The SMILES string of the molecule is O=C(c1ccc(OC(F)(F)F)cc1)N1CCN(c2ccc(Nc3cccnc3)nn2)CC1. The molecule has 1 amide bonds. The monoisotopic (exact) mass is 444 g/mol. The van der Waals surface area contributed by atoms with Crippen molar-refractivity contribution in [2.24, 2.45) is 0 Å².